The second-order valence-corrected chi connectivity index (χ2v) is 3.16. The van der Waals surface area contributed by atoms with Crippen molar-refractivity contribution in [2.45, 2.75) is 38.6 Å². The predicted molar refractivity (Wildman–Crippen MR) is 49.6 cm³/mol. The van der Waals surface area contributed by atoms with Crippen molar-refractivity contribution in [1.29, 1.82) is 0 Å². The molecule has 0 aromatic heterocycles. The number of aliphatic carboxylic acids is 1. The number of carbonyl (C=O) groups is 2. The van der Waals surface area contributed by atoms with Gasteiger partial charge in [-0.25, -0.2) is 0 Å². The first-order valence-electron chi connectivity index (χ1n) is 4.44. The van der Waals surface area contributed by atoms with Gasteiger partial charge in [0.15, 0.2) is 0 Å². The molecule has 0 radical (unpaired) electrons. The van der Waals surface area contributed by atoms with Gasteiger partial charge in [-0.2, -0.15) is 0 Å². The second kappa shape index (κ2) is 6.60. The molecule has 13 heavy (non-hydrogen) atoms. The van der Waals surface area contributed by atoms with Crippen molar-refractivity contribution in [3.8, 4) is 0 Å². The lowest BCUT2D eigenvalue weighted by Gasteiger charge is -2.13. The summed E-state index contributed by atoms with van der Waals surface area (Å²) in [5, 5.41) is 11.4. The summed E-state index contributed by atoms with van der Waals surface area (Å²) in [5.74, 6) is -0.640. The van der Waals surface area contributed by atoms with Gasteiger partial charge in [-0.3, -0.25) is 4.79 Å². The topological polar surface area (TPSA) is 66.4 Å². The van der Waals surface area contributed by atoms with Crippen LogP contribution in [0.2, 0.25) is 0 Å². The van der Waals surface area contributed by atoms with E-state index in [0.29, 0.717) is 12.8 Å². The van der Waals surface area contributed by atoms with Crippen molar-refractivity contribution >= 4 is 11.8 Å². The Bertz CT molecular complexity index is 162. The molecule has 0 aromatic rings. The SMILES string of the molecule is CNC(CCC(C)=O)CCC(=O)O. The largest absolute Gasteiger partial charge is 0.481 e. The van der Waals surface area contributed by atoms with Crippen LogP contribution in [-0.4, -0.2) is 29.9 Å². The maximum absolute atomic E-state index is 10.7. The Morgan fingerprint density at radius 1 is 1.31 bits per heavy atom. The highest BCUT2D eigenvalue weighted by atomic mass is 16.4. The first kappa shape index (κ1) is 12.1. The molecule has 0 aliphatic heterocycles. The molecule has 0 aliphatic carbocycles. The Balaban J connectivity index is 3.63. The highest BCUT2D eigenvalue weighted by molar-refractivity contribution is 5.75. The first-order valence-corrected chi connectivity index (χ1v) is 4.44. The first-order chi connectivity index (χ1) is 6.06. The van der Waals surface area contributed by atoms with E-state index in [4.69, 9.17) is 5.11 Å². The smallest absolute Gasteiger partial charge is 0.303 e. The fraction of sp³-hybridized carbons (Fsp3) is 0.778. The standard InChI is InChI=1S/C9H17NO3/c1-7(11)3-4-8(10-2)5-6-9(12)13/h8,10H,3-6H2,1-2H3,(H,12,13). The number of hydrogen-bond donors (Lipinski definition) is 2. The van der Waals surface area contributed by atoms with E-state index in [0.717, 1.165) is 6.42 Å². The lowest BCUT2D eigenvalue weighted by atomic mass is 10.0. The molecular weight excluding hydrogens is 170 g/mol. The van der Waals surface area contributed by atoms with Gasteiger partial charge in [-0.1, -0.05) is 0 Å². The minimum absolute atomic E-state index is 0.139. The zero-order chi connectivity index (χ0) is 10.3. The number of carboxylic acids is 1. The van der Waals surface area contributed by atoms with E-state index in [1.165, 1.54) is 0 Å². The summed E-state index contributed by atoms with van der Waals surface area (Å²) in [6, 6.07) is 0.139. The summed E-state index contributed by atoms with van der Waals surface area (Å²) < 4.78 is 0. The van der Waals surface area contributed by atoms with Crippen LogP contribution in [0.1, 0.15) is 32.6 Å². The van der Waals surface area contributed by atoms with Crippen molar-refractivity contribution in [2.24, 2.45) is 0 Å². The van der Waals surface area contributed by atoms with Crippen LogP contribution in [-0.2, 0) is 9.59 Å². The maximum atomic E-state index is 10.7. The van der Waals surface area contributed by atoms with Gasteiger partial charge in [0.05, 0.1) is 0 Å². The van der Waals surface area contributed by atoms with Gasteiger partial charge >= 0.3 is 5.97 Å². The average Bonchev–Trinajstić information content (AvgIpc) is 2.04. The minimum Gasteiger partial charge on any atom is -0.481 e. The lowest BCUT2D eigenvalue weighted by Crippen LogP contribution is -2.26. The van der Waals surface area contributed by atoms with Crippen LogP contribution < -0.4 is 5.32 Å². The van der Waals surface area contributed by atoms with E-state index in [1.54, 1.807) is 14.0 Å². The highest BCUT2D eigenvalue weighted by Crippen LogP contribution is 2.04. The van der Waals surface area contributed by atoms with Crippen LogP contribution in [0.5, 0.6) is 0 Å². The van der Waals surface area contributed by atoms with Crippen LogP contribution >= 0.6 is 0 Å². The monoisotopic (exact) mass is 187 g/mol. The summed E-state index contributed by atoms with van der Waals surface area (Å²) in [6.07, 6.45) is 1.98. The third-order valence-corrected chi connectivity index (χ3v) is 1.96. The molecule has 0 amide bonds. The number of carbonyl (C=O) groups excluding carboxylic acids is 1. The average molecular weight is 187 g/mol. The fourth-order valence-electron chi connectivity index (χ4n) is 1.11. The predicted octanol–water partition coefficient (Wildman–Crippen LogP) is 0.808. The Morgan fingerprint density at radius 3 is 2.23 bits per heavy atom. The van der Waals surface area contributed by atoms with Crippen molar-refractivity contribution < 1.29 is 14.7 Å². The van der Waals surface area contributed by atoms with Crippen molar-refractivity contribution in [3.05, 3.63) is 0 Å². The number of nitrogens with one attached hydrogen (secondary N) is 1. The van der Waals surface area contributed by atoms with Crippen molar-refractivity contribution in [2.75, 3.05) is 7.05 Å². The van der Waals surface area contributed by atoms with Gasteiger partial charge in [0.1, 0.15) is 5.78 Å². The molecule has 0 aliphatic rings. The van der Waals surface area contributed by atoms with E-state index < -0.39 is 5.97 Å². The van der Waals surface area contributed by atoms with Gasteiger partial charge in [0, 0.05) is 18.9 Å². The second-order valence-electron chi connectivity index (χ2n) is 3.16. The third kappa shape index (κ3) is 7.46. The summed E-state index contributed by atoms with van der Waals surface area (Å²) >= 11 is 0. The number of carboxylic acid groups (broad SMARTS) is 1. The summed E-state index contributed by atoms with van der Waals surface area (Å²) in [7, 11) is 1.78. The van der Waals surface area contributed by atoms with Gasteiger partial charge in [0.25, 0.3) is 0 Å². The zero-order valence-electron chi connectivity index (χ0n) is 8.17. The molecule has 0 saturated heterocycles. The van der Waals surface area contributed by atoms with E-state index in [1.807, 2.05) is 0 Å². The molecule has 0 rings (SSSR count). The molecule has 76 valence electrons. The minimum atomic E-state index is -0.789. The molecule has 0 aromatic carbocycles. The quantitative estimate of drug-likeness (QED) is 0.619. The van der Waals surface area contributed by atoms with Gasteiger partial charge in [-0.05, 0) is 26.8 Å². The van der Waals surface area contributed by atoms with E-state index in [2.05, 4.69) is 5.32 Å². The Hall–Kier alpha value is -0.900. The van der Waals surface area contributed by atoms with Crippen molar-refractivity contribution in [1.82, 2.24) is 5.32 Å². The molecule has 1 atom stereocenters. The molecule has 0 saturated carbocycles. The van der Waals surface area contributed by atoms with Gasteiger partial charge in [-0.15, -0.1) is 0 Å². The molecule has 0 bridgehead atoms. The molecule has 4 nitrogen and oxygen atoms in total. The number of hydrogen-bond acceptors (Lipinski definition) is 3. The zero-order valence-corrected chi connectivity index (χ0v) is 8.17. The summed E-state index contributed by atoms with van der Waals surface area (Å²) in [6.45, 7) is 1.55. The molecular formula is C9H17NO3. The van der Waals surface area contributed by atoms with Crippen LogP contribution in [0, 0.1) is 0 Å². The van der Waals surface area contributed by atoms with E-state index in [9.17, 15) is 9.59 Å². The summed E-state index contributed by atoms with van der Waals surface area (Å²) in [5.41, 5.74) is 0. The maximum Gasteiger partial charge on any atom is 0.303 e. The summed E-state index contributed by atoms with van der Waals surface area (Å²) in [4.78, 5) is 20.9. The van der Waals surface area contributed by atoms with Crippen LogP contribution in [0.25, 0.3) is 0 Å². The highest BCUT2D eigenvalue weighted by Gasteiger charge is 2.09. The lowest BCUT2D eigenvalue weighted by molar-refractivity contribution is -0.137. The van der Waals surface area contributed by atoms with Crippen LogP contribution in [0.15, 0.2) is 0 Å². The Kier molecular flexibility index (Phi) is 6.14. The van der Waals surface area contributed by atoms with Gasteiger partial charge in [0.2, 0.25) is 0 Å². The number of rotatable bonds is 7. The number of Topliss-reactive ketones (excluding diaryl/α,β-unsaturated/α-hetero) is 1. The Morgan fingerprint density at radius 2 is 1.85 bits per heavy atom. The molecule has 4 heteroatoms. The van der Waals surface area contributed by atoms with Crippen LogP contribution in [0.3, 0.4) is 0 Å². The third-order valence-electron chi connectivity index (χ3n) is 1.96. The molecule has 0 heterocycles. The fourth-order valence-corrected chi connectivity index (χ4v) is 1.11. The van der Waals surface area contributed by atoms with E-state index >= 15 is 0 Å². The molecule has 1 unspecified atom stereocenters. The van der Waals surface area contributed by atoms with Crippen LogP contribution in [0.4, 0.5) is 0 Å². The van der Waals surface area contributed by atoms with E-state index in [-0.39, 0.29) is 18.2 Å². The molecule has 0 fully saturated rings. The Labute approximate surface area is 78.3 Å². The van der Waals surface area contributed by atoms with Gasteiger partial charge < -0.3 is 15.2 Å². The normalized spacial score (nSPS) is 12.5. The molecule has 2 N–H and O–H groups in total. The van der Waals surface area contributed by atoms with Crippen molar-refractivity contribution in [3.63, 3.8) is 0 Å². The molecule has 0 spiro atoms. The number of ketones is 1.